The van der Waals surface area contributed by atoms with Crippen molar-refractivity contribution >= 4 is 5.91 Å². The van der Waals surface area contributed by atoms with E-state index in [1.165, 1.54) is 6.42 Å². The van der Waals surface area contributed by atoms with Crippen LogP contribution in [0.5, 0.6) is 0 Å². The number of amides is 1. The molecule has 0 spiro atoms. The first kappa shape index (κ1) is 19.3. The van der Waals surface area contributed by atoms with Crippen LogP contribution in [0, 0.1) is 12.3 Å². The maximum absolute atomic E-state index is 12.2. The van der Waals surface area contributed by atoms with Gasteiger partial charge in [0, 0.05) is 51.4 Å². The largest absolute Gasteiger partial charge is 0.389 e. The second-order valence-electron chi connectivity index (χ2n) is 8.29. The highest BCUT2D eigenvalue weighted by Crippen LogP contribution is 2.37. The van der Waals surface area contributed by atoms with Gasteiger partial charge in [0.1, 0.15) is 0 Å². The maximum atomic E-state index is 12.2. The van der Waals surface area contributed by atoms with Gasteiger partial charge in [0.15, 0.2) is 5.66 Å². The molecule has 26 heavy (non-hydrogen) atoms. The molecule has 1 aliphatic carbocycles. The first-order valence-corrected chi connectivity index (χ1v) is 10.1. The molecule has 2 fully saturated rings. The summed E-state index contributed by atoms with van der Waals surface area (Å²) in [5.74, 6) is 2.70. The number of likely N-dealkylation sites (tertiary alicyclic amines) is 1. The smallest absolute Gasteiger partial charge is 0.220 e. The molecule has 6 heteroatoms. The molecule has 0 aromatic rings. The van der Waals surface area contributed by atoms with E-state index < -0.39 is 5.60 Å². The van der Waals surface area contributed by atoms with E-state index >= 15 is 0 Å². The summed E-state index contributed by atoms with van der Waals surface area (Å²) in [7, 11) is 0. The van der Waals surface area contributed by atoms with Crippen LogP contribution in [0.15, 0.2) is 10.2 Å². The Morgan fingerprint density at radius 2 is 1.88 bits per heavy atom. The number of nitrogens with zero attached hydrogens (tertiary/aromatic N) is 3. The monoisotopic (exact) mass is 360 g/mol. The second kappa shape index (κ2) is 8.49. The Balaban J connectivity index is 1.32. The molecule has 3 aliphatic rings. The van der Waals surface area contributed by atoms with Crippen molar-refractivity contribution in [3.05, 3.63) is 0 Å². The highest BCUT2D eigenvalue weighted by molar-refractivity contribution is 5.76. The number of nitrogens with one attached hydrogen (secondary N) is 1. The standard InChI is InChI=1S/C20H32N4O2/c1-2-3-12-20(22-23-20)13-7-18(25)21-17-8-14-24(15-9-17)16-19(26)10-5-4-6-11-19/h1,17,26H,3-16H2,(H,21,25). The van der Waals surface area contributed by atoms with E-state index in [2.05, 4.69) is 26.4 Å². The molecule has 2 N–H and O–H groups in total. The predicted octanol–water partition coefficient (Wildman–Crippen LogP) is 2.62. The second-order valence-corrected chi connectivity index (χ2v) is 8.29. The van der Waals surface area contributed by atoms with Gasteiger partial charge < -0.3 is 15.3 Å². The fourth-order valence-corrected chi connectivity index (χ4v) is 4.30. The van der Waals surface area contributed by atoms with Crippen LogP contribution in [-0.4, -0.2) is 52.9 Å². The summed E-state index contributed by atoms with van der Waals surface area (Å²) in [5.41, 5.74) is -0.860. The fourth-order valence-electron chi connectivity index (χ4n) is 4.30. The van der Waals surface area contributed by atoms with Crippen molar-refractivity contribution in [1.29, 1.82) is 0 Å². The zero-order chi connectivity index (χ0) is 18.5. The van der Waals surface area contributed by atoms with Crippen LogP contribution >= 0.6 is 0 Å². The van der Waals surface area contributed by atoms with Gasteiger partial charge in [-0.3, -0.25) is 4.79 Å². The summed E-state index contributed by atoms with van der Waals surface area (Å²) < 4.78 is 0. The Kier molecular flexibility index (Phi) is 6.31. The van der Waals surface area contributed by atoms with Crippen LogP contribution in [0.1, 0.15) is 70.6 Å². The van der Waals surface area contributed by atoms with E-state index in [-0.39, 0.29) is 17.6 Å². The van der Waals surface area contributed by atoms with Crippen LogP contribution in [-0.2, 0) is 4.79 Å². The van der Waals surface area contributed by atoms with Crippen LogP contribution in [0.3, 0.4) is 0 Å². The van der Waals surface area contributed by atoms with Gasteiger partial charge in [0.2, 0.25) is 5.91 Å². The number of rotatable bonds is 8. The lowest BCUT2D eigenvalue weighted by molar-refractivity contribution is -0.122. The van der Waals surface area contributed by atoms with E-state index in [0.717, 1.165) is 64.6 Å². The van der Waals surface area contributed by atoms with Gasteiger partial charge in [0.05, 0.1) is 5.60 Å². The molecule has 0 aromatic heterocycles. The molecule has 0 radical (unpaired) electrons. The van der Waals surface area contributed by atoms with Crippen molar-refractivity contribution < 1.29 is 9.90 Å². The van der Waals surface area contributed by atoms with E-state index in [9.17, 15) is 9.90 Å². The third-order valence-corrected chi connectivity index (χ3v) is 6.06. The third-order valence-electron chi connectivity index (χ3n) is 6.06. The molecule has 0 atom stereocenters. The van der Waals surface area contributed by atoms with Crippen molar-refractivity contribution in [2.24, 2.45) is 10.2 Å². The number of piperidine rings is 1. The Hall–Kier alpha value is -1.45. The normalized spacial score (nSPS) is 24.8. The lowest BCUT2D eigenvalue weighted by Crippen LogP contribution is -2.50. The average molecular weight is 361 g/mol. The van der Waals surface area contributed by atoms with E-state index in [4.69, 9.17) is 6.42 Å². The molecule has 0 unspecified atom stereocenters. The van der Waals surface area contributed by atoms with E-state index in [0.29, 0.717) is 19.3 Å². The molecule has 144 valence electrons. The Morgan fingerprint density at radius 3 is 2.50 bits per heavy atom. The summed E-state index contributed by atoms with van der Waals surface area (Å²) in [6.45, 7) is 2.68. The molecule has 0 bridgehead atoms. The predicted molar refractivity (Wildman–Crippen MR) is 101 cm³/mol. The van der Waals surface area contributed by atoms with Gasteiger partial charge in [-0.15, -0.1) is 12.3 Å². The molecule has 1 amide bonds. The Bertz CT molecular complexity index is 549. The van der Waals surface area contributed by atoms with Gasteiger partial charge in [-0.25, -0.2) is 0 Å². The number of terminal acetylenes is 1. The highest BCUT2D eigenvalue weighted by Gasteiger charge is 2.39. The molecule has 6 nitrogen and oxygen atoms in total. The first-order valence-electron chi connectivity index (χ1n) is 10.1. The van der Waals surface area contributed by atoms with Crippen molar-refractivity contribution in [2.75, 3.05) is 19.6 Å². The van der Waals surface area contributed by atoms with Gasteiger partial charge in [0.25, 0.3) is 0 Å². The molecule has 1 saturated heterocycles. The number of carbonyl (C=O) groups is 1. The van der Waals surface area contributed by atoms with Crippen molar-refractivity contribution in [3.63, 3.8) is 0 Å². The van der Waals surface area contributed by atoms with Crippen molar-refractivity contribution in [2.45, 2.75) is 87.9 Å². The Labute approximate surface area is 156 Å². The van der Waals surface area contributed by atoms with Gasteiger partial charge in [-0.1, -0.05) is 19.3 Å². The molecule has 1 saturated carbocycles. The fraction of sp³-hybridized carbons (Fsp3) is 0.850. The maximum Gasteiger partial charge on any atom is 0.220 e. The minimum Gasteiger partial charge on any atom is -0.389 e. The Morgan fingerprint density at radius 1 is 1.19 bits per heavy atom. The number of hydrogen-bond acceptors (Lipinski definition) is 5. The number of carbonyl (C=O) groups excluding carboxylic acids is 1. The highest BCUT2D eigenvalue weighted by atomic mass is 16.3. The summed E-state index contributed by atoms with van der Waals surface area (Å²) in [6, 6.07) is 0.245. The number of hydrogen-bond donors (Lipinski definition) is 2. The average Bonchev–Trinajstić information content (AvgIpc) is 3.41. The number of β-amino-alcohol motifs (C(OH)–C–C–N with tert-alkyl or cyclic N) is 1. The quantitative estimate of drug-likeness (QED) is 0.653. The summed E-state index contributed by atoms with van der Waals surface area (Å²) in [4.78, 5) is 14.6. The first-order chi connectivity index (χ1) is 12.5. The van der Waals surface area contributed by atoms with Gasteiger partial charge in [-0.05, 0) is 25.7 Å². The zero-order valence-electron chi connectivity index (χ0n) is 15.8. The molecule has 0 aromatic carbocycles. The van der Waals surface area contributed by atoms with Crippen LogP contribution in [0.4, 0.5) is 0 Å². The lowest BCUT2D eigenvalue weighted by Gasteiger charge is -2.40. The summed E-state index contributed by atoms with van der Waals surface area (Å²) >= 11 is 0. The van der Waals surface area contributed by atoms with Crippen LogP contribution in [0.25, 0.3) is 0 Å². The van der Waals surface area contributed by atoms with Crippen LogP contribution < -0.4 is 5.32 Å². The van der Waals surface area contributed by atoms with Crippen molar-refractivity contribution in [3.8, 4) is 12.3 Å². The topological polar surface area (TPSA) is 77.3 Å². The SMILES string of the molecule is C#CCCC1(CCC(=O)NC2CCN(CC3(O)CCCCC3)CC2)N=N1. The van der Waals surface area contributed by atoms with Crippen molar-refractivity contribution in [1.82, 2.24) is 10.2 Å². The molecule has 2 heterocycles. The lowest BCUT2D eigenvalue weighted by atomic mass is 9.84. The molecule has 2 aliphatic heterocycles. The minimum absolute atomic E-state index is 0.0896. The van der Waals surface area contributed by atoms with E-state index in [1.54, 1.807) is 0 Å². The van der Waals surface area contributed by atoms with Gasteiger partial charge >= 0.3 is 0 Å². The molecule has 3 rings (SSSR count). The zero-order valence-corrected chi connectivity index (χ0v) is 15.8. The third kappa shape index (κ3) is 5.52. The van der Waals surface area contributed by atoms with Gasteiger partial charge in [-0.2, -0.15) is 10.2 Å². The molecular weight excluding hydrogens is 328 g/mol. The van der Waals surface area contributed by atoms with E-state index in [1.807, 2.05) is 0 Å². The summed E-state index contributed by atoms with van der Waals surface area (Å²) in [5, 5.41) is 22.0. The molecular formula is C20H32N4O2. The minimum atomic E-state index is -0.488. The number of aliphatic hydroxyl groups is 1. The summed E-state index contributed by atoms with van der Waals surface area (Å²) in [6.07, 6.45) is 15.1. The van der Waals surface area contributed by atoms with Crippen LogP contribution in [0.2, 0.25) is 0 Å².